The molecule has 116 valence electrons. The molecule has 1 aromatic rings. The van der Waals surface area contributed by atoms with E-state index in [9.17, 15) is 4.79 Å². The van der Waals surface area contributed by atoms with Gasteiger partial charge in [-0.3, -0.25) is 4.79 Å². The lowest BCUT2D eigenvalue weighted by atomic mass is 9.86. The molecule has 3 nitrogen and oxygen atoms in total. The summed E-state index contributed by atoms with van der Waals surface area (Å²) >= 11 is 3.41. The Morgan fingerprint density at radius 2 is 2.14 bits per heavy atom. The Labute approximate surface area is 137 Å². The van der Waals surface area contributed by atoms with Gasteiger partial charge >= 0.3 is 5.97 Å². The number of halogens is 1. The molecule has 1 aliphatic rings. The number of hydrogen-bond donors (Lipinski definition) is 1. The lowest BCUT2D eigenvalue weighted by Crippen LogP contribution is -2.34. The van der Waals surface area contributed by atoms with Crippen molar-refractivity contribution < 1.29 is 10.9 Å². The Kier molecular flexibility index (Phi) is 4.96. The molecule has 1 fully saturated rings. The van der Waals surface area contributed by atoms with Gasteiger partial charge < -0.3 is 10.1 Å². The van der Waals surface area contributed by atoms with E-state index in [1.54, 1.807) is 0 Å². The van der Waals surface area contributed by atoms with Crippen molar-refractivity contribution in [2.45, 2.75) is 39.2 Å². The highest BCUT2D eigenvalue weighted by Crippen LogP contribution is 2.27. The second-order valence-electron chi connectivity index (χ2n) is 6.52. The third-order valence-electron chi connectivity index (χ3n) is 3.52. The van der Waals surface area contributed by atoms with Gasteiger partial charge in [0, 0.05) is 5.84 Å². The fraction of sp³-hybridized carbons (Fsp3) is 0.588. The third-order valence-corrected chi connectivity index (χ3v) is 4.05. The molecule has 2 atom stereocenters. The molecule has 0 amide bonds. The molecule has 0 aliphatic carbocycles. The second-order valence-corrected chi connectivity index (χ2v) is 7.44. The maximum atomic E-state index is 12.7. The maximum absolute atomic E-state index is 12.7. The van der Waals surface area contributed by atoms with Crippen molar-refractivity contribution >= 4 is 21.9 Å². The van der Waals surface area contributed by atoms with Crippen LogP contribution in [0.15, 0.2) is 28.7 Å². The zero-order valence-electron chi connectivity index (χ0n) is 13.9. The molecule has 0 saturated carbocycles. The quantitative estimate of drug-likeness (QED) is 0.840. The van der Waals surface area contributed by atoms with Gasteiger partial charge in [-0.05, 0) is 70.3 Å². The molecule has 1 saturated heterocycles. The van der Waals surface area contributed by atoms with E-state index in [0.29, 0.717) is 13.0 Å². The molecule has 2 rings (SSSR count). The largest absolute Gasteiger partial charge is 0.460 e. The summed E-state index contributed by atoms with van der Waals surface area (Å²) in [5.41, 5.74) is 0.408. The van der Waals surface area contributed by atoms with Crippen LogP contribution in [0.4, 0.5) is 0 Å². The van der Waals surface area contributed by atoms with Crippen LogP contribution in [0.25, 0.3) is 0 Å². The fourth-order valence-corrected chi connectivity index (χ4v) is 2.77. The highest BCUT2D eigenvalue weighted by atomic mass is 79.9. The van der Waals surface area contributed by atoms with Gasteiger partial charge in [0.15, 0.2) is 0 Å². The van der Waals surface area contributed by atoms with Crippen LogP contribution >= 0.6 is 15.9 Å². The van der Waals surface area contributed by atoms with Crippen LogP contribution in [0, 0.1) is 11.8 Å². The van der Waals surface area contributed by atoms with Crippen molar-refractivity contribution in [2.75, 3.05) is 13.1 Å². The van der Waals surface area contributed by atoms with Crippen molar-refractivity contribution in [3.63, 3.8) is 0 Å². The average Bonchev–Trinajstić information content (AvgIpc) is 2.94. The number of hydrogen-bond acceptors (Lipinski definition) is 3. The van der Waals surface area contributed by atoms with Crippen molar-refractivity contribution in [3.8, 4) is 0 Å². The number of rotatable bonds is 4. The van der Waals surface area contributed by atoms with E-state index >= 15 is 0 Å². The van der Waals surface area contributed by atoms with Crippen LogP contribution in [0.5, 0.6) is 0 Å². The normalized spacial score (nSPS) is 22.5. The number of ether oxygens (including phenoxy) is 1. The molecule has 0 bridgehead atoms. The van der Waals surface area contributed by atoms with Gasteiger partial charge in [-0.25, -0.2) is 0 Å². The van der Waals surface area contributed by atoms with Gasteiger partial charge in [-0.1, -0.05) is 28.1 Å². The molecule has 1 unspecified atom stereocenters. The van der Waals surface area contributed by atoms with Gasteiger partial charge in [0.1, 0.15) is 5.60 Å². The number of carbonyl (C=O) groups excluding carboxylic acids is 1. The van der Waals surface area contributed by atoms with E-state index in [4.69, 9.17) is 6.11 Å². The summed E-state index contributed by atoms with van der Waals surface area (Å²) < 4.78 is 15.4. The second kappa shape index (κ2) is 6.93. The Morgan fingerprint density at radius 1 is 1.48 bits per heavy atom. The van der Waals surface area contributed by atoms with Gasteiger partial charge in [0.2, 0.25) is 0 Å². The zero-order valence-corrected chi connectivity index (χ0v) is 14.5. The number of nitrogens with one attached hydrogen (secondary N) is 1. The van der Waals surface area contributed by atoms with E-state index in [-0.39, 0.29) is 5.92 Å². The fourth-order valence-electron chi connectivity index (χ4n) is 2.50. The van der Waals surface area contributed by atoms with Crippen molar-refractivity contribution in [2.24, 2.45) is 11.8 Å². The highest BCUT2D eigenvalue weighted by Gasteiger charge is 2.33. The monoisotopic (exact) mass is 354 g/mol. The number of esters is 1. The molecule has 1 aliphatic heterocycles. The highest BCUT2D eigenvalue weighted by molar-refractivity contribution is 9.10. The van der Waals surface area contributed by atoms with Gasteiger partial charge in [0.25, 0.3) is 0 Å². The lowest BCUT2D eigenvalue weighted by molar-refractivity contribution is -0.161. The van der Waals surface area contributed by atoms with E-state index in [2.05, 4.69) is 21.2 Å². The summed E-state index contributed by atoms with van der Waals surface area (Å²) in [4.78, 5) is 12.7. The molecule has 4 heteroatoms. The molecular weight excluding hydrogens is 330 g/mol. The van der Waals surface area contributed by atoms with Gasteiger partial charge in [-0.15, -0.1) is 0 Å². The molecule has 0 aromatic heterocycles. The summed E-state index contributed by atoms with van der Waals surface area (Å²) in [6.45, 7) is 7.08. The van der Waals surface area contributed by atoms with Crippen molar-refractivity contribution in [1.29, 1.82) is 0 Å². The molecule has 21 heavy (non-hydrogen) atoms. The topological polar surface area (TPSA) is 38.3 Å². The molecular formula is C17H24BrNO2. The predicted octanol–water partition coefficient (Wildman–Crippen LogP) is 3.56. The first-order valence-electron chi connectivity index (χ1n) is 7.89. The Bertz CT molecular complexity index is 520. The third kappa shape index (κ3) is 5.11. The SMILES string of the molecule is [2H][C@@](Cc1ccc(Br)cc1)(C(=O)OC(C)(C)C)C1CCNC1. The molecule has 1 aromatic carbocycles. The first-order chi connectivity index (χ1) is 10.2. The zero-order chi connectivity index (χ0) is 16.4. The van der Waals surface area contributed by atoms with Crippen LogP contribution in [0.2, 0.25) is 0 Å². The van der Waals surface area contributed by atoms with Crippen LogP contribution in [-0.2, 0) is 16.0 Å². The Balaban J connectivity index is 2.24. The lowest BCUT2D eigenvalue weighted by Gasteiger charge is -2.27. The summed E-state index contributed by atoms with van der Waals surface area (Å²) in [7, 11) is 0. The van der Waals surface area contributed by atoms with E-state index < -0.39 is 17.5 Å². The van der Waals surface area contributed by atoms with E-state index in [0.717, 1.165) is 23.0 Å². The molecule has 1 N–H and O–H groups in total. The molecule has 0 radical (unpaired) electrons. The Hall–Kier alpha value is -0.870. The minimum atomic E-state index is -1.25. The number of benzene rings is 1. The minimum Gasteiger partial charge on any atom is -0.460 e. The van der Waals surface area contributed by atoms with Crippen LogP contribution < -0.4 is 5.32 Å². The molecule has 1 heterocycles. The first kappa shape index (κ1) is 15.0. The molecule has 0 spiro atoms. The van der Waals surface area contributed by atoms with Crippen LogP contribution in [0.3, 0.4) is 0 Å². The van der Waals surface area contributed by atoms with Crippen molar-refractivity contribution in [3.05, 3.63) is 34.3 Å². The van der Waals surface area contributed by atoms with Gasteiger partial charge in [-0.2, -0.15) is 0 Å². The summed E-state index contributed by atoms with van der Waals surface area (Å²) in [6.07, 6.45) is 1.21. The first-order valence-corrected chi connectivity index (χ1v) is 8.19. The predicted molar refractivity (Wildman–Crippen MR) is 88.2 cm³/mol. The summed E-state index contributed by atoms with van der Waals surface area (Å²) in [6, 6.07) is 7.80. The summed E-state index contributed by atoms with van der Waals surface area (Å²) in [5.74, 6) is -1.69. The van der Waals surface area contributed by atoms with Crippen LogP contribution in [-0.4, -0.2) is 24.7 Å². The van der Waals surface area contributed by atoms with Crippen LogP contribution in [0.1, 0.15) is 34.1 Å². The Morgan fingerprint density at radius 3 is 2.67 bits per heavy atom. The maximum Gasteiger partial charge on any atom is 0.310 e. The van der Waals surface area contributed by atoms with Gasteiger partial charge in [0.05, 0.1) is 5.89 Å². The average molecular weight is 355 g/mol. The van der Waals surface area contributed by atoms with E-state index in [1.807, 2.05) is 45.0 Å². The standard InChI is InChI=1S/C17H24BrNO2/c1-17(2,3)21-16(20)15(13-8-9-19-11-13)10-12-4-6-14(18)7-5-12/h4-7,13,15,19H,8-11H2,1-3H3/t13?,15-/m0/s1/i15D. The smallest absolute Gasteiger partial charge is 0.310 e. The minimum absolute atomic E-state index is 0.0222. The van der Waals surface area contributed by atoms with E-state index in [1.165, 1.54) is 0 Å². The number of carbonyl (C=O) groups is 1. The van der Waals surface area contributed by atoms with Crippen molar-refractivity contribution in [1.82, 2.24) is 5.32 Å². The summed E-state index contributed by atoms with van der Waals surface area (Å²) in [5, 5.41) is 3.26.